The number of aldehydes is 1. The molecule has 4 rings (SSSR count). The predicted octanol–water partition coefficient (Wildman–Crippen LogP) is 2.62. The van der Waals surface area contributed by atoms with E-state index >= 15 is 0 Å². The number of aromatic hydroxyl groups is 3. The van der Waals surface area contributed by atoms with Crippen LogP contribution in [-0.4, -0.2) is 68.6 Å². The molecule has 2 aromatic carbocycles. The lowest BCUT2D eigenvalue weighted by atomic mass is 9.90. The molecule has 9 nitrogen and oxygen atoms in total. The van der Waals surface area contributed by atoms with Gasteiger partial charge in [0.1, 0.15) is 39.3 Å². The summed E-state index contributed by atoms with van der Waals surface area (Å²) < 4.78 is 0. The van der Waals surface area contributed by atoms with Crippen LogP contribution in [0.15, 0.2) is 12.1 Å². The molecule has 4 N–H and O–H groups in total. The number of nitrogens with one attached hydrogen (secondary N) is 1. The fourth-order valence-electron chi connectivity index (χ4n) is 4.37. The number of hydrogen-bond acceptors (Lipinski definition) is 8. The molecule has 0 radical (unpaired) electrons. The molecule has 1 aromatic heterocycles. The zero-order chi connectivity index (χ0) is 23.2. The van der Waals surface area contributed by atoms with E-state index in [9.17, 15) is 24.9 Å². The van der Waals surface area contributed by atoms with Crippen molar-refractivity contribution in [3.63, 3.8) is 0 Å². The first-order chi connectivity index (χ1) is 15.2. The first kappa shape index (κ1) is 21.8. The van der Waals surface area contributed by atoms with Crippen LogP contribution in [0.3, 0.4) is 0 Å². The third kappa shape index (κ3) is 3.58. The van der Waals surface area contributed by atoms with Gasteiger partial charge >= 0.3 is 0 Å². The van der Waals surface area contributed by atoms with Crippen LogP contribution in [0, 0.1) is 6.92 Å². The van der Waals surface area contributed by atoms with E-state index < -0.39 is 5.75 Å². The van der Waals surface area contributed by atoms with E-state index in [0.29, 0.717) is 12.3 Å². The number of benzene rings is 2. The minimum Gasteiger partial charge on any atom is -0.507 e. The van der Waals surface area contributed by atoms with Crippen molar-refractivity contribution in [1.82, 2.24) is 20.2 Å². The molecule has 0 bridgehead atoms. The molecule has 0 spiro atoms. The van der Waals surface area contributed by atoms with E-state index in [4.69, 9.17) is 0 Å². The van der Waals surface area contributed by atoms with Gasteiger partial charge in [0.05, 0.1) is 11.1 Å². The quantitative estimate of drug-likeness (QED) is 0.361. The summed E-state index contributed by atoms with van der Waals surface area (Å²) >= 11 is 0. The largest absolute Gasteiger partial charge is 0.507 e. The average Bonchev–Trinajstić information content (AvgIpc) is 2.78. The predicted molar refractivity (Wildman–Crippen MR) is 119 cm³/mol. The lowest BCUT2D eigenvalue weighted by molar-refractivity contribution is 0.0917. The van der Waals surface area contributed by atoms with Gasteiger partial charge < -0.3 is 25.5 Å². The molecule has 9 heteroatoms. The van der Waals surface area contributed by atoms with Gasteiger partial charge in [0, 0.05) is 17.6 Å². The lowest BCUT2D eigenvalue weighted by Gasteiger charge is -2.33. The van der Waals surface area contributed by atoms with Crippen LogP contribution in [0.2, 0.25) is 0 Å². The summed E-state index contributed by atoms with van der Waals surface area (Å²) in [5, 5.41) is 34.1. The summed E-state index contributed by atoms with van der Waals surface area (Å²) in [6.45, 7) is 1.45. The molecule has 1 aliphatic carbocycles. The normalized spacial score (nSPS) is 18.9. The average molecular weight is 438 g/mol. The van der Waals surface area contributed by atoms with Crippen molar-refractivity contribution in [3.05, 3.63) is 28.8 Å². The number of carbonyl (C=O) groups excluding carboxylic acids is 2. The molecule has 168 valence electrons. The Balaban J connectivity index is 1.77. The van der Waals surface area contributed by atoms with E-state index in [2.05, 4.69) is 34.3 Å². The standard InChI is InChI=1S/C23H26N4O5/c1-11-21(30)15(10-28)18-20(22(11)31)26-17-14(8-9-16(29)19(17)25-18)23(32)24-12-4-6-13(7-5-12)27(2)3/h8-10,12-13,29-31H,4-7H2,1-3H3,(H,24,32). The maximum atomic E-state index is 13.1. The third-order valence-electron chi connectivity index (χ3n) is 6.37. The number of rotatable bonds is 4. The molecule has 32 heavy (non-hydrogen) atoms. The highest BCUT2D eigenvalue weighted by Crippen LogP contribution is 2.38. The van der Waals surface area contributed by atoms with Crippen molar-refractivity contribution < 1.29 is 24.9 Å². The van der Waals surface area contributed by atoms with Gasteiger partial charge in [0.2, 0.25) is 0 Å². The Hall–Kier alpha value is -3.46. The Morgan fingerprint density at radius 1 is 1.00 bits per heavy atom. The van der Waals surface area contributed by atoms with E-state index in [-0.39, 0.29) is 62.2 Å². The summed E-state index contributed by atoms with van der Waals surface area (Å²) in [5.74, 6) is -1.31. The number of aromatic nitrogens is 2. The van der Waals surface area contributed by atoms with E-state index in [0.717, 1.165) is 25.7 Å². The maximum Gasteiger partial charge on any atom is 0.253 e. The molecule has 1 aliphatic rings. The van der Waals surface area contributed by atoms with Gasteiger partial charge in [-0.3, -0.25) is 9.59 Å². The smallest absolute Gasteiger partial charge is 0.253 e. The van der Waals surface area contributed by atoms with Crippen molar-refractivity contribution in [2.45, 2.75) is 44.7 Å². The van der Waals surface area contributed by atoms with E-state index in [1.165, 1.54) is 19.1 Å². The molecule has 0 unspecified atom stereocenters. The molecule has 1 saturated carbocycles. The van der Waals surface area contributed by atoms with Crippen molar-refractivity contribution in [1.29, 1.82) is 0 Å². The highest BCUT2D eigenvalue weighted by atomic mass is 16.3. The first-order valence-corrected chi connectivity index (χ1v) is 10.5. The molecule has 0 aliphatic heterocycles. The summed E-state index contributed by atoms with van der Waals surface area (Å²) in [4.78, 5) is 35.5. The Kier molecular flexibility index (Phi) is 5.60. The summed E-state index contributed by atoms with van der Waals surface area (Å²) in [6.07, 6.45) is 4.12. The zero-order valence-corrected chi connectivity index (χ0v) is 18.2. The molecule has 1 heterocycles. The molecule has 0 atom stereocenters. The van der Waals surface area contributed by atoms with Gasteiger partial charge in [-0.05, 0) is 58.8 Å². The number of amides is 1. The van der Waals surface area contributed by atoms with E-state index in [1.807, 2.05) is 0 Å². The van der Waals surface area contributed by atoms with Crippen LogP contribution in [0.25, 0.3) is 22.1 Å². The Labute approximate surface area is 184 Å². The second kappa shape index (κ2) is 8.23. The molecule has 1 fully saturated rings. The van der Waals surface area contributed by atoms with Gasteiger partial charge in [-0.25, -0.2) is 9.97 Å². The van der Waals surface area contributed by atoms with Crippen molar-refractivity contribution in [2.24, 2.45) is 0 Å². The van der Waals surface area contributed by atoms with Gasteiger partial charge in [-0.2, -0.15) is 0 Å². The van der Waals surface area contributed by atoms with Crippen molar-refractivity contribution >= 4 is 34.3 Å². The molecular formula is C23H26N4O5. The fourth-order valence-corrected chi connectivity index (χ4v) is 4.37. The first-order valence-electron chi connectivity index (χ1n) is 10.5. The number of phenolic OH excluding ortho intramolecular Hbond substituents is 3. The Morgan fingerprint density at radius 3 is 2.28 bits per heavy atom. The van der Waals surface area contributed by atoms with Gasteiger partial charge in [0.15, 0.2) is 6.29 Å². The number of carbonyl (C=O) groups is 2. The van der Waals surface area contributed by atoms with Crippen LogP contribution in [0.1, 0.15) is 52.0 Å². The monoisotopic (exact) mass is 438 g/mol. The Bertz CT molecular complexity index is 1230. The summed E-state index contributed by atoms with van der Waals surface area (Å²) in [5.41, 5.74) is 0.179. The van der Waals surface area contributed by atoms with Crippen LogP contribution in [0.5, 0.6) is 17.2 Å². The van der Waals surface area contributed by atoms with Crippen LogP contribution >= 0.6 is 0 Å². The Morgan fingerprint density at radius 2 is 1.66 bits per heavy atom. The highest BCUT2D eigenvalue weighted by Gasteiger charge is 2.26. The van der Waals surface area contributed by atoms with Crippen LogP contribution < -0.4 is 5.32 Å². The number of fused-ring (bicyclic) bond motifs is 2. The van der Waals surface area contributed by atoms with Gasteiger partial charge in [-0.1, -0.05) is 0 Å². The second-order valence-corrected chi connectivity index (χ2v) is 8.55. The van der Waals surface area contributed by atoms with Gasteiger partial charge in [0.25, 0.3) is 5.91 Å². The summed E-state index contributed by atoms with van der Waals surface area (Å²) in [6, 6.07) is 3.34. The molecular weight excluding hydrogens is 412 g/mol. The topological polar surface area (TPSA) is 136 Å². The number of phenols is 3. The minimum absolute atomic E-state index is 0.00668. The van der Waals surface area contributed by atoms with Crippen molar-refractivity contribution in [2.75, 3.05) is 14.1 Å². The molecule has 3 aromatic rings. The van der Waals surface area contributed by atoms with Crippen LogP contribution in [-0.2, 0) is 0 Å². The highest BCUT2D eigenvalue weighted by molar-refractivity contribution is 6.10. The molecule has 0 saturated heterocycles. The maximum absolute atomic E-state index is 13.1. The fraction of sp³-hybridized carbons (Fsp3) is 0.391. The summed E-state index contributed by atoms with van der Waals surface area (Å²) in [7, 11) is 4.12. The zero-order valence-electron chi connectivity index (χ0n) is 18.2. The van der Waals surface area contributed by atoms with E-state index in [1.54, 1.807) is 0 Å². The third-order valence-corrected chi connectivity index (χ3v) is 6.37. The number of nitrogens with zero attached hydrogens (tertiary/aromatic N) is 3. The minimum atomic E-state index is -0.402. The number of hydrogen-bond donors (Lipinski definition) is 4. The van der Waals surface area contributed by atoms with Crippen LogP contribution in [0.4, 0.5) is 0 Å². The second-order valence-electron chi connectivity index (χ2n) is 8.55. The SMILES string of the molecule is Cc1c(O)c(C=O)c2nc3c(O)ccc(C(=O)NC4CCC(N(C)C)CC4)c3nc2c1O. The van der Waals surface area contributed by atoms with Crippen molar-refractivity contribution in [3.8, 4) is 17.2 Å². The molecule has 1 amide bonds. The van der Waals surface area contributed by atoms with Gasteiger partial charge in [-0.15, -0.1) is 0 Å². The lowest BCUT2D eigenvalue weighted by Crippen LogP contribution is -2.41.